The van der Waals surface area contributed by atoms with Crippen molar-refractivity contribution in [2.24, 2.45) is 5.92 Å². The van der Waals surface area contributed by atoms with E-state index in [2.05, 4.69) is 20.2 Å². The second-order valence-electron chi connectivity index (χ2n) is 9.86. The van der Waals surface area contributed by atoms with E-state index < -0.39 is 28.9 Å². The highest BCUT2D eigenvalue weighted by Crippen LogP contribution is 2.43. The molecule has 3 heterocycles. The highest BCUT2D eigenvalue weighted by Gasteiger charge is 2.44. The van der Waals surface area contributed by atoms with Crippen molar-refractivity contribution in [1.29, 1.82) is 0 Å². The van der Waals surface area contributed by atoms with Gasteiger partial charge in [-0.1, -0.05) is 41.4 Å². The number of alkyl halides is 3. The summed E-state index contributed by atoms with van der Waals surface area (Å²) >= 11 is 11.8. The number of pyridine rings is 2. The minimum Gasteiger partial charge on any atom is -0.377 e. The zero-order valence-corrected chi connectivity index (χ0v) is 21.7. The van der Waals surface area contributed by atoms with E-state index in [0.717, 1.165) is 36.4 Å². The summed E-state index contributed by atoms with van der Waals surface area (Å²) in [4.78, 5) is 22.6. The number of hydrogen-bond acceptors (Lipinski definition) is 5. The van der Waals surface area contributed by atoms with Crippen molar-refractivity contribution in [3.63, 3.8) is 0 Å². The van der Waals surface area contributed by atoms with Crippen LogP contribution in [-0.2, 0) is 11.8 Å². The molecular weight excluding hydrogens is 540 g/mol. The van der Waals surface area contributed by atoms with E-state index in [0.29, 0.717) is 36.6 Å². The molecular formula is C27H25Cl2F3N4O2. The quantitative estimate of drug-likeness (QED) is 0.406. The normalized spacial score (nSPS) is 23.3. The number of aromatic nitrogens is 2. The van der Waals surface area contributed by atoms with Crippen molar-refractivity contribution in [2.75, 3.05) is 18.0 Å². The maximum absolute atomic E-state index is 13.3. The third-order valence-electron chi connectivity index (χ3n) is 7.29. The number of anilines is 1. The number of carbonyl (C=O) groups is 1. The maximum atomic E-state index is 13.3. The van der Waals surface area contributed by atoms with Crippen molar-refractivity contribution >= 4 is 34.8 Å². The topological polar surface area (TPSA) is 78.4 Å². The monoisotopic (exact) mass is 564 g/mol. The fraction of sp³-hybridized carbons (Fsp3) is 0.370. The second kappa shape index (κ2) is 10.4. The van der Waals surface area contributed by atoms with E-state index in [9.17, 15) is 23.1 Å². The van der Waals surface area contributed by atoms with Crippen molar-refractivity contribution in [2.45, 2.75) is 43.5 Å². The molecule has 1 unspecified atom stereocenters. The van der Waals surface area contributed by atoms with Crippen molar-refractivity contribution in [3.8, 4) is 0 Å². The summed E-state index contributed by atoms with van der Waals surface area (Å²) in [6.45, 7) is 1.05. The van der Waals surface area contributed by atoms with Crippen LogP contribution in [0.1, 0.15) is 53.0 Å². The summed E-state index contributed by atoms with van der Waals surface area (Å²) in [5, 5.41) is 14.9. The molecule has 0 spiro atoms. The number of fused-ring (bicyclic) bond motifs is 1. The number of halogens is 5. The number of aliphatic hydroxyl groups is 1. The first-order valence-electron chi connectivity index (χ1n) is 12.3. The average molecular weight is 565 g/mol. The molecule has 6 nitrogen and oxygen atoms in total. The van der Waals surface area contributed by atoms with Crippen LogP contribution in [0, 0.1) is 5.92 Å². The summed E-state index contributed by atoms with van der Waals surface area (Å²) in [7, 11) is 0. The van der Waals surface area contributed by atoms with Crippen LogP contribution < -0.4 is 10.2 Å². The first kappa shape index (κ1) is 26.7. The number of nitrogens with zero attached hydrogens (tertiary/aromatic N) is 3. The fourth-order valence-electron chi connectivity index (χ4n) is 5.45. The molecule has 1 fully saturated rings. The highest BCUT2D eigenvalue weighted by atomic mass is 35.5. The molecule has 0 saturated heterocycles. The van der Waals surface area contributed by atoms with Gasteiger partial charge < -0.3 is 15.3 Å². The van der Waals surface area contributed by atoms with Gasteiger partial charge in [0, 0.05) is 36.2 Å². The molecule has 1 saturated carbocycles. The Labute approximate surface area is 227 Å². The zero-order valence-electron chi connectivity index (χ0n) is 20.2. The Balaban J connectivity index is 1.23. The third-order valence-corrected chi connectivity index (χ3v) is 7.72. The molecule has 11 heteroatoms. The van der Waals surface area contributed by atoms with Crippen LogP contribution in [0.5, 0.6) is 0 Å². The van der Waals surface area contributed by atoms with Crippen LogP contribution in [0.4, 0.5) is 18.9 Å². The van der Waals surface area contributed by atoms with E-state index >= 15 is 0 Å². The minimum absolute atomic E-state index is 0.0356. The predicted molar refractivity (Wildman–Crippen MR) is 138 cm³/mol. The van der Waals surface area contributed by atoms with Crippen LogP contribution in [0.3, 0.4) is 0 Å². The summed E-state index contributed by atoms with van der Waals surface area (Å²) < 4.78 is 40.0. The Morgan fingerprint density at radius 1 is 1.05 bits per heavy atom. The van der Waals surface area contributed by atoms with E-state index in [4.69, 9.17) is 23.2 Å². The van der Waals surface area contributed by atoms with Gasteiger partial charge in [0.2, 0.25) is 0 Å². The zero-order chi connectivity index (χ0) is 27.1. The van der Waals surface area contributed by atoms with E-state index in [-0.39, 0.29) is 17.0 Å². The van der Waals surface area contributed by atoms with Gasteiger partial charge in [0.25, 0.3) is 5.91 Å². The van der Waals surface area contributed by atoms with Gasteiger partial charge in [-0.25, -0.2) is 4.98 Å². The Morgan fingerprint density at radius 3 is 2.45 bits per heavy atom. The standard InChI is InChI=1S/C27H25Cl2F3N4O2/c28-17-7-10-23(33-12-17)26(38)15-36(22-4-2-1-3-21(22)26)14-16-5-8-19(9-6-16)35-25(37)20-11-18(29)13-34-24(20)27(30,31)32/h1-4,7,10-13,16,19,38H,5-6,8-9,14-15H2,(H,35,37). The predicted octanol–water partition coefficient (Wildman–Crippen LogP) is 5.85. The first-order chi connectivity index (χ1) is 18.0. The van der Waals surface area contributed by atoms with Gasteiger partial charge in [-0.2, -0.15) is 13.2 Å². The SMILES string of the molecule is O=C(NC1CCC(CN2CC(O)(c3ccc(Cl)cn3)c3ccccc32)CC1)c1cc(Cl)cnc1C(F)(F)F. The molecule has 1 aliphatic heterocycles. The molecule has 2 N–H and O–H groups in total. The average Bonchev–Trinajstić information content (AvgIpc) is 3.17. The van der Waals surface area contributed by atoms with Gasteiger partial charge in [-0.3, -0.25) is 9.78 Å². The molecule has 0 bridgehead atoms. The Kier molecular flexibility index (Phi) is 7.28. The summed E-state index contributed by atoms with van der Waals surface area (Å²) in [5.74, 6) is -0.542. The fourth-order valence-corrected chi connectivity index (χ4v) is 5.72. The van der Waals surface area contributed by atoms with Crippen molar-refractivity contribution in [3.05, 3.63) is 87.4 Å². The molecule has 5 rings (SSSR count). The minimum atomic E-state index is -4.76. The molecule has 2 aliphatic rings. The van der Waals surface area contributed by atoms with E-state index in [1.54, 1.807) is 12.1 Å². The summed E-state index contributed by atoms with van der Waals surface area (Å²) in [6, 6.07) is 11.9. The molecule has 2 aromatic heterocycles. The number of nitrogens with one attached hydrogen (secondary N) is 1. The lowest BCUT2D eigenvalue weighted by Crippen LogP contribution is -2.41. The summed E-state index contributed by atoms with van der Waals surface area (Å²) in [6.07, 6.45) is 0.459. The lowest BCUT2D eigenvalue weighted by molar-refractivity contribution is -0.141. The molecule has 200 valence electrons. The van der Waals surface area contributed by atoms with Crippen LogP contribution in [0.25, 0.3) is 0 Å². The Morgan fingerprint density at radius 2 is 1.76 bits per heavy atom. The maximum Gasteiger partial charge on any atom is 0.434 e. The number of rotatable bonds is 5. The third kappa shape index (κ3) is 5.32. The van der Waals surface area contributed by atoms with Gasteiger partial charge >= 0.3 is 6.18 Å². The van der Waals surface area contributed by atoms with Crippen molar-refractivity contribution < 1.29 is 23.1 Å². The first-order valence-corrected chi connectivity index (χ1v) is 13.0. The van der Waals surface area contributed by atoms with Gasteiger partial charge in [0.05, 0.1) is 27.8 Å². The van der Waals surface area contributed by atoms with Crippen LogP contribution in [0.15, 0.2) is 54.9 Å². The Bertz CT molecular complexity index is 1330. The molecule has 3 aromatic rings. The number of amides is 1. The number of hydrogen-bond donors (Lipinski definition) is 2. The van der Waals surface area contributed by atoms with Gasteiger partial charge in [-0.15, -0.1) is 0 Å². The second-order valence-corrected chi connectivity index (χ2v) is 10.7. The van der Waals surface area contributed by atoms with Gasteiger partial charge in [-0.05, 0) is 55.9 Å². The van der Waals surface area contributed by atoms with Crippen LogP contribution >= 0.6 is 23.2 Å². The molecule has 38 heavy (non-hydrogen) atoms. The number of β-amino-alcohol motifs (C(OH)–C–C–N with tert-alkyl or cyclic N) is 1. The molecule has 0 radical (unpaired) electrons. The van der Waals surface area contributed by atoms with E-state index in [1.165, 1.54) is 6.20 Å². The lowest BCUT2D eigenvalue weighted by atomic mass is 9.85. The van der Waals surface area contributed by atoms with Gasteiger partial charge in [0.15, 0.2) is 11.3 Å². The molecule has 1 amide bonds. The molecule has 1 aromatic carbocycles. The Hall–Kier alpha value is -2.88. The van der Waals surface area contributed by atoms with E-state index in [1.807, 2.05) is 24.3 Å². The van der Waals surface area contributed by atoms with Crippen LogP contribution in [-0.4, -0.2) is 40.1 Å². The van der Waals surface area contributed by atoms with Crippen LogP contribution in [0.2, 0.25) is 10.0 Å². The largest absolute Gasteiger partial charge is 0.434 e. The molecule has 1 atom stereocenters. The van der Waals surface area contributed by atoms with Crippen molar-refractivity contribution in [1.82, 2.24) is 15.3 Å². The number of benzene rings is 1. The highest BCUT2D eigenvalue weighted by molar-refractivity contribution is 6.31. The number of carbonyl (C=O) groups excluding carboxylic acids is 1. The number of para-hydroxylation sites is 1. The summed E-state index contributed by atoms with van der Waals surface area (Å²) in [5.41, 5.74) is -0.842. The lowest BCUT2D eigenvalue weighted by Gasteiger charge is -2.33. The smallest absolute Gasteiger partial charge is 0.377 e. The molecule has 1 aliphatic carbocycles. The van der Waals surface area contributed by atoms with Gasteiger partial charge in [0.1, 0.15) is 0 Å².